The molecule has 2 aromatic rings. The van der Waals surface area contributed by atoms with Gasteiger partial charge in [0.2, 0.25) is 0 Å². The zero-order valence-corrected chi connectivity index (χ0v) is 11.7. The Labute approximate surface area is 116 Å². The molecule has 1 N–H and O–H groups in total. The molecular formula is C14H17N3O3. The van der Waals surface area contributed by atoms with Crippen LogP contribution in [0, 0.1) is 0 Å². The van der Waals surface area contributed by atoms with Crippen molar-refractivity contribution >= 4 is 22.8 Å². The van der Waals surface area contributed by atoms with Gasteiger partial charge in [-0.3, -0.25) is 9.48 Å². The molecule has 0 aliphatic rings. The highest BCUT2D eigenvalue weighted by molar-refractivity contribution is 6.05. The Morgan fingerprint density at radius 1 is 1.40 bits per heavy atom. The maximum atomic E-state index is 12.5. The third kappa shape index (κ3) is 2.24. The van der Waals surface area contributed by atoms with Crippen LogP contribution in [0.15, 0.2) is 24.3 Å². The number of fused-ring (bicyclic) bond motifs is 1. The molecule has 0 bridgehead atoms. The average molecular weight is 275 g/mol. The van der Waals surface area contributed by atoms with E-state index in [1.165, 1.54) is 11.9 Å². The van der Waals surface area contributed by atoms with Crippen LogP contribution in [0.5, 0.6) is 0 Å². The second kappa shape index (κ2) is 5.32. The van der Waals surface area contributed by atoms with Gasteiger partial charge in [-0.1, -0.05) is 25.1 Å². The van der Waals surface area contributed by atoms with Crippen LogP contribution in [0.1, 0.15) is 23.8 Å². The second-order valence-electron chi connectivity index (χ2n) is 4.67. The van der Waals surface area contributed by atoms with Crippen molar-refractivity contribution in [1.82, 2.24) is 14.7 Å². The van der Waals surface area contributed by atoms with Crippen molar-refractivity contribution in [2.75, 3.05) is 7.05 Å². The lowest BCUT2D eigenvalue weighted by Gasteiger charge is -2.22. The smallest absolute Gasteiger partial charge is 0.326 e. The van der Waals surface area contributed by atoms with Crippen LogP contribution >= 0.6 is 0 Å². The summed E-state index contributed by atoms with van der Waals surface area (Å²) in [6.07, 6.45) is 0.350. The number of likely N-dealkylation sites (N-methyl/N-ethyl adjacent to an activating group) is 1. The van der Waals surface area contributed by atoms with Crippen molar-refractivity contribution in [3.8, 4) is 0 Å². The molecule has 6 heteroatoms. The van der Waals surface area contributed by atoms with Crippen LogP contribution in [-0.4, -0.2) is 44.8 Å². The Kier molecular flexibility index (Phi) is 3.74. The number of benzene rings is 1. The molecule has 2 rings (SSSR count). The van der Waals surface area contributed by atoms with E-state index in [4.69, 9.17) is 5.11 Å². The number of carbonyl (C=O) groups is 2. The molecule has 0 spiro atoms. The van der Waals surface area contributed by atoms with E-state index < -0.39 is 12.0 Å². The van der Waals surface area contributed by atoms with E-state index in [2.05, 4.69) is 5.10 Å². The number of aryl methyl sites for hydroxylation is 1. The van der Waals surface area contributed by atoms with E-state index in [1.54, 1.807) is 18.7 Å². The first-order chi connectivity index (χ1) is 9.47. The summed E-state index contributed by atoms with van der Waals surface area (Å²) in [5, 5.41) is 14.1. The van der Waals surface area contributed by atoms with Gasteiger partial charge in [0.1, 0.15) is 6.04 Å². The first kappa shape index (κ1) is 14.0. The van der Waals surface area contributed by atoms with Gasteiger partial charge in [-0.05, 0) is 12.5 Å². The molecule has 0 saturated heterocycles. The van der Waals surface area contributed by atoms with E-state index in [0.717, 1.165) is 10.9 Å². The second-order valence-corrected chi connectivity index (χ2v) is 4.67. The topological polar surface area (TPSA) is 75.4 Å². The van der Waals surface area contributed by atoms with Crippen LogP contribution in [0.25, 0.3) is 10.9 Å². The number of carboxylic acids is 1. The molecule has 0 aliphatic carbocycles. The average Bonchev–Trinajstić information content (AvgIpc) is 2.76. The highest BCUT2D eigenvalue weighted by Gasteiger charge is 2.28. The van der Waals surface area contributed by atoms with Gasteiger partial charge in [-0.15, -0.1) is 0 Å². The fourth-order valence-corrected chi connectivity index (χ4v) is 2.29. The SMILES string of the molecule is CCC(C(=O)O)N(C)C(=O)c1nn(C)c2ccccc12. The van der Waals surface area contributed by atoms with E-state index in [9.17, 15) is 9.59 Å². The summed E-state index contributed by atoms with van der Waals surface area (Å²) in [7, 11) is 3.25. The van der Waals surface area contributed by atoms with Crippen molar-refractivity contribution in [3.63, 3.8) is 0 Å². The molecule has 1 aromatic heterocycles. The number of carbonyl (C=O) groups excluding carboxylic acids is 1. The molecule has 1 atom stereocenters. The number of nitrogens with zero attached hydrogens (tertiary/aromatic N) is 3. The van der Waals surface area contributed by atoms with Crippen LogP contribution in [0.3, 0.4) is 0 Å². The minimum Gasteiger partial charge on any atom is -0.480 e. The summed E-state index contributed by atoms with van der Waals surface area (Å²) in [5.41, 5.74) is 1.12. The molecular weight excluding hydrogens is 258 g/mol. The maximum absolute atomic E-state index is 12.5. The van der Waals surface area contributed by atoms with Gasteiger partial charge in [0.15, 0.2) is 5.69 Å². The number of hydrogen-bond donors (Lipinski definition) is 1. The number of aliphatic carboxylic acids is 1. The third-order valence-electron chi connectivity index (χ3n) is 3.42. The number of para-hydroxylation sites is 1. The molecule has 20 heavy (non-hydrogen) atoms. The Morgan fingerprint density at radius 2 is 2.05 bits per heavy atom. The summed E-state index contributed by atoms with van der Waals surface area (Å²) >= 11 is 0. The minimum absolute atomic E-state index is 0.283. The highest BCUT2D eigenvalue weighted by Crippen LogP contribution is 2.19. The zero-order valence-electron chi connectivity index (χ0n) is 11.7. The Bertz CT molecular complexity index is 663. The van der Waals surface area contributed by atoms with Crippen molar-refractivity contribution in [3.05, 3.63) is 30.0 Å². The van der Waals surface area contributed by atoms with E-state index in [1.807, 2.05) is 24.3 Å². The highest BCUT2D eigenvalue weighted by atomic mass is 16.4. The summed E-state index contributed by atoms with van der Waals surface area (Å²) in [6, 6.07) is 6.53. The van der Waals surface area contributed by atoms with Crippen molar-refractivity contribution in [2.45, 2.75) is 19.4 Å². The van der Waals surface area contributed by atoms with Crippen LogP contribution < -0.4 is 0 Å². The quantitative estimate of drug-likeness (QED) is 0.917. The molecule has 1 amide bonds. The summed E-state index contributed by atoms with van der Waals surface area (Å²) in [6.45, 7) is 1.74. The zero-order chi connectivity index (χ0) is 14.9. The van der Waals surface area contributed by atoms with Crippen LogP contribution in [-0.2, 0) is 11.8 Å². The Hall–Kier alpha value is -2.37. The van der Waals surface area contributed by atoms with Crippen molar-refractivity contribution in [1.29, 1.82) is 0 Å². The lowest BCUT2D eigenvalue weighted by Crippen LogP contribution is -2.42. The number of carboxylic acid groups (broad SMARTS) is 1. The largest absolute Gasteiger partial charge is 0.480 e. The summed E-state index contributed by atoms with van der Waals surface area (Å²) < 4.78 is 1.62. The predicted octanol–water partition coefficient (Wildman–Crippen LogP) is 1.51. The van der Waals surface area contributed by atoms with Gasteiger partial charge in [0.25, 0.3) is 5.91 Å². The Balaban J connectivity index is 2.43. The lowest BCUT2D eigenvalue weighted by atomic mass is 10.1. The molecule has 0 radical (unpaired) electrons. The summed E-state index contributed by atoms with van der Waals surface area (Å²) in [4.78, 5) is 24.9. The van der Waals surface area contributed by atoms with E-state index >= 15 is 0 Å². The molecule has 0 aliphatic heterocycles. The number of amides is 1. The van der Waals surface area contributed by atoms with Crippen molar-refractivity contribution < 1.29 is 14.7 Å². The van der Waals surface area contributed by atoms with Gasteiger partial charge in [-0.2, -0.15) is 5.10 Å². The molecule has 6 nitrogen and oxygen atoms in total. The van der Waals surface area contributed by atoms with Gasteiger partial charge in [-0.25, -0.2) is 4.79 Å². The lowest BCUT2D eigenvalue weighted by molar-refractivity contribution is -0.142. The van der Waals surface area contributed by atoms with Crippen LogP contribution in [0.2, 0.25) is 0 Å². The van der Waals surface area contributed by atoms with Crippen molar-refractivity contribution in [2.24, 2.45) is 7.05 Å². The summed E-state index contributed by atoms with van der Waals surface area (Å²) in [5.74, 6) is -1.39. The standard InChI is InChI=1S/C14H17N3O3/c1-4-10(14(19)20)16(2)13(18)12-9-7-5-6-8-11(9)17(3)15-12/h5-8,10H,4H2,1-3H3,(H,19,20). The number of rotatable bonds is 4. The predicted molar refractivity (Wildman–Crippen MR) is 74.5 cm³/mol. The van der Waals surface area contributed by atoms with Gasteiger partial charge >= 0.3 is 5.97 Å². The molecule has 1 aromatic carbocycles. The molecule has 0 fully saturated rings. The van der Waals surface area contributed by atoms with Gasteiger partial charge < -0.3 is 10.0 Å². The van der Waals surface area contributed by atoms with E-state index in [-0.39, 0.29) is 11.6 Å². The molecule has 1 heterocycles. The first-order valence-electron chi connectivity index (χ1n) is 6.39. The fraction of sp³-hybridized carbons (Fsp3) is 0.357. The van der Waals surface area contributed by atoms with E-state index in [0.29, 0.717) is 6.42 Å². The Morgan fingerprint density at radius 3 is 2.65 bits per heavy atom. The number of aromatic nitrogens is 2. The normalized spacial score (nSPS) is 12.3. The first-order valence-corrected chi connectivity index (χ1v) is 6.39. The fourth-order valence-electron chi connectivity index (χ4n) is 2.29. The van der Waals surface area contributed by atoms with Gasteiger partial charge in [0.05, 0.1) is 5.52 Å². The van der Waals surface area contributed by atoms with Gasteiger partial charge in [0, 0.05) is 19.5 Å². The van der Waals surface area contributed by atoms with Crippen LogP contribution in [0.4, 0.5) is 0 Å². The molecule has 106 valence electrons. The number of hydrogen-bond acceptors (Lipinski definition) is 3. The maximum Gasteiger partial charge on any atom is 0.326 e. The minimum atomic E-state index is -1.01. The third-order valence-corrected chi connectivity index (χ3v) is 3.42. The molecule has 0 saturated carbocycles. The molecule has 1 unspecified atom stereocenters. The monoisotopic (exact) mass is 275 g/mol.